The predicted octanol–water partition coefficient (Wildman–Crippen LogP) is 5.69. The third kappa shape index (κ3) is 6.62. The Kier molecular flexibility index (Phi) is 8.22. The standard InChI is InChI=1S/C22H20BrFN2O3S2/c23-15-5-10-18(27)14(12-15)13-19-21(29)26(22(30)31-19)11-3-1-2-4-20(28)25-17-8-6-16(24)7-9-17/h5-10,12-13,27H,1-4,11H2,(H,25,28)/b19-13-. The lowest BCUT2D eigenvalue weighted by Crippen LogP contribution is -2.29. The van der Waals surface area contributed by atoms with Crippen LogP contribution in [-0.2, 0) is 9.59 Å². The predicted molar refractivity (Wildman–Crippen MR) is 129 cm³/mol. The van der Waals surface area contributed by atoms with Crippen LogP contribution in [0.2, 0.25) is 0 Å². The van der Waals surface area contributed by atoms with Gasteiger partial charge in [0.05, 0.1) is 4.91 Å². The molecule has 1 saturated heterocycles. The summed E-state index contributed by atoms with van der Waals surface area (Å²) < 4.78 is 14.2. The Morgan fingerprint density at radius 3 is 2.68 bits per heavy atom. The maximum atomic E-state index is 12.9. The summed E-state index contributed by atoms with van der Waals surface area (Å²) in [6, 6.07) is 10.6. The molecule has 2 N–H and O–H groups in total. The van der Waals surface area contributed by atoms with Gasteiger partial charge < -0.3 is 10.4 Å². The molecule has 162 valence electrons. The monoisotopic (exact) mass is 522 g/mol. The van der Waals surface area contributed by atoms with E-state index in [1.165, 1.54) is 36.0 Å². The molecular weight excluding hydrogens is 503 g/mol. The highest BCUT2D eigenvalue weighted by molar-refractivity contribution is 9.10. The Morgan fingerprint density at radius 1 is 1.19 bits per heavy atom. The first-order chi connectivity index (χ1) is 14.8. The van der Waals surface area contributed by atoms with E-state index in [-0.39, 0.29) is 23.4 Å². The van der Waals surface area contributed by atoms with Gasteiger partial charge in [0.1, 0.15) is 15.9 Å². The van der Waals surface area contributed by atoms with Crippen molar-refractivity contribution in [1.82, 2.24) is 4.90 Å². The van der Waals surface area contributed by atoms with Crippen LogP contribution >= 0.6 is 39.9 Å². The van der Waals surface area contributed by atoms with Gasteiger partial charge in [-0.15, -0.1) is 0 Å². The van der Waals surface area contributed by atoms with E-state index in [1.807, 2.05) is 0 Å². The summed E-state index contributed by atoms with van der Waals surface area (Å²) in [5.41, 5.74) is 1.11. The Morgan fingerprint density at radius 2 is 1.94 bits per heavy atom. The van der Waals surface area contributed by atoms with Crippen LogP contribution in [-0.4, -0.2) is 32.7 Å². The Balaban J connectivity index is 1.44. The number of phenolic OH excluding ortho intramolecular Hbond substituents is 1. The molecule has 1 aliphatic rings. The van der Waals surface area contributed by atoms with Crippen molar-refractivity contribution in [3.63, 3.8) is 0 Å². The Hall–Kier alpha value is -2.23. The molecule has 2 aromatic rings. The molecule has 0 spiro atoms. The lowest BCUT2D eigenvalue weighted by Gasteiger charge is -2.14. The van der Waals surface area contributed by atoms with Crippen LogP contribution in [0, 0.1) is 5.82 Å². The molecule has 5 nitrogen and oxygen atoms in total. The average molecular weight is 523 g/mol. The molecule has 31 heavy (non-hydrogen) atoms. The number of phenols is 1. The van der Waals surface area contributed by atoms with Crippen molar-refractivity contribution in [2.24, 2.45) is 0 Å². The van der Waals surface area contributed by atoms with Crippen LogP contribution in [0.5, 0.6) is 5.75 Å². The van der Waals surface area contributed by atoms with Gasteiger partial charge in [-0.3, -0.25) is 14.5 Å². The number of unbranched alkanes of at least 4 members (excludes halogenated alkanes) is 2. The fourth-order valence-corrected chi connectivity index (χ4v) is 4.64. The summed E-state index contributed by atoms with van der Waals surface area (Å²) in [4.78, 5) is 26.7. The van der Waals surface area contributed by atoms with Gasteiger partial charge in [-0.25, -0.2) is 4.39 Å². The number of carbonyl (C=O) groups is 2. The zero-order valence-electron chi connectivity index (χ0n) is 16.4. The van der Waals surface area contributed by atoms with Gasteiger partial charge in [-0.2, -0.15) is 0 Å². The molecule has 3 rings (SSSR count). The first-order valence-electron chi connectivity index (χ1n) is 9.63. The molecule has 0 atom stereocenters. The second-order valence-electron chi connectivity index (χ2n) is 6.90. The second-order valence-corrected chi connectivity index (χ2v) is 9.49. The largest absolute Gasteiger partial charge is 0.507 e. The zero-order valence-corrected chi connectivity index (χ0v) is 19.7. The van der Waals surface area contributed by atoms with Crippen LogP contribution in [0.1, 0.15) is 31.2 Å². The lowest BCUT2D eigenvalue weighted by molar-refractivity contribution is -0.122. The minimum Gasteiger partial charge on any atom is -0.507 e. The summed E-state index contributed by atoms with van der Waals surface area (Å²) in [5, 5.41) is 12.7. The van der Waals surface area contributed by atoms with Crippen molar-refractivity contribution in [3.05, 3.63) is 63.2 Å². The van der Waals surface area contributed by atoms with Crippen molar-refractivity contribution in [1.29, 1.82) is 0 Å². The van der Waals surface area contributed by atoms with E-state index in [1.54, 1.807) is 29.2 Å². The SMILES string of the molecule is O=C(CCCCCN1C(=O)/C(=C/c2cc(Br)ccc2O)SC1=S)Nc1ccc(F)cc1. The molecule has 2 aromatic carbocycles. The van der Waals surface area contributed by atoms with E-state index in [0.29, 0.717) is 46.3 Å². The summed E-state index contributed by atoms with van der Waals surface area (Å²) in [6.45, 7) is 0.478. The molecule has 0 radical (unpaired) electrons. The maximum absolute atomic E-state index is 12.9. The van der Waals surface area contributed by atoms with Gasteiger partial charge >= 0.3 is 0 Å². The summed E-state index contributed by atoms with van der Waals surface area (Å²) in [5.74, 6) is -0.568. The van der Waals surface area contributed by atoms with Crippen LogP contribution in [0.15, 0.2) is 51.8 Å². The number of aromatic hydroxyl groups is 1. The third-order valence-electron chi connectivity index (χ3n) is 4.56. The number of benzene rings is 2. The fourth-order valence-electron chi connectivity index (χ4n) is 2.96. The summed E-state index contributed by atoms with van der Waals surface area (Å²) in [6.07, 6.45) is 4.13. The van der Waals surface area contributed by atoms with E-state index in [2.05, 4.69) is 21.2 Å². The number of amides is 2. The molecule has 0 saturated carbocycles. The molecule has 1 fully saturated rings. The number of hydrogen-bond acceptors (Lipinski definition) is 5. The average Bonchev–Trinajstić information content (AvgIpc) is 2.99. The summed E-state index contributed by atoms with van der Waals surface area (Å²) in [7, 11) is 0. The summed E-state index contributed by atoms with van der Waals surface area (Å²) >= 11 is 9.90. The van der Waals surface area contributed by atoms with Crippen LogP contribution in [0.3, 0.4) is 0 Å². The number of thiocarbonyl (C=S) groups is 1. The molecule has 2 amide bonds. The molecule has 0 bridgehead atoms. The molecule has 9 heteroatoms. The van der Waals surface area contributed by atoms with Crippen LogP contribution < -0.4 is 5.32 Å². The highest BCUT2D eigenvalue weighted by Crippen LogP contribution is 2.35. The van der Waals surface area contributed by atoms with Gasteiger partial charge in [0, 0.05) is 28.7 Å². The number of thioether (sulfide) groups is 1. The first kappa shape index (κ1) is 23.4. The number of carbonyl (C=O) groups excluding carboxylic acids is 2. The van der Waals surface area contributed by atoms with Gasteiger partial charge in [-0.1, -0.05) is 46.3 Å². The minimum absolute atomic E-state index is 0.0902. The van der Waals surface area contributed by atoms with Gasteiger partial charge in [-0.05, 0) is 61.4 Å². The van der Waals surface area contributed by atoms with Crippen molar-refractivity contribution < 1.29 is 19.1 Å². The first-order valence-corrected chi connectivity index (χ1v) is 11.6. The normalized spacial score (nSPS) is 15.0. The van der Waals surface area contributed by atoms with Crippen molar-refractivity contribution in [2.75, 3.05) is 11.9 Å². The smallest absolute Gasteiger partial charge is 0.266 e. The Bertz CT molecular complexity index is 1030. The molecule has 0 unspecified atom stereocenters. The minimum atomic E-state index is -0.350. The number of halogens is 2. The van der Waals surface area contributed by atoms with Crippen LogP contribution in [0.4, 0.5) is 10.1 Å². The zero-order chi connectivity index (χ0) is 22.4. The lowest BCUT2D eigenvalue weighted by atomic mass is 10.1. The number of anilines is 1. The quantitative estimate of drug-likeness (QED) is 0.264. The Labute approximate surface area is 197 Å². The molecule has 0 aliphatic carbocycles. The maximum Gasteiger partial charge on any atom is 0.266 e. The van der Waals surface area contributed by atoms with E-state index in [4.69, 9.17) is 12.2 Å². The molecule has 0 aromatic heterocycles. The van der Waals surface area contributed by atoms with E-state index >= 15 is 0 Å². The van der Waals surface area contributed by atoms with Crippen molar-refractivity contribution in [2.45, 2.75) is 25.7 Å². The van der Waals surface area contributed by atoms with Crippen LogP contribution in [0.25, 0.3) is 6.08 Å². The van der Waals surface area contributed by atoms with Gasteiger partial charge in [0.25, 0.3) is 5.91 Å². The van der Waals surface area contributed by atoms with Crippen molar-refractivity contribution >= 4 is 67.8 Å². The fraction of sp³-hybridized carbons (Fsp3) is 0.227. The second kappa shape index (κ2) is 10.9. The highest BCUT2D eigenvalue weighted by Gasteiger charge is 2.31. The van der Waals surface area contributed by atoms with Gasteiger partial charge in [0.15, 0.2) is 0 Å². The van der Waals surface area contributed by atoms with Gasteiger partial charge in [0.2, 0.25) is 5.91 Å². The molecular formula is C22H20BrFN2O3S2. The van der Waals surface area contributed by atoms with Crippen molar-refractivity contribution in [3.8, 4) is 5.75 Å². The highest BCUT2D eigenvalue weighted by atomic mass is 79.9. The van der Waals surface area contributed by atoms with E-state index in [0.717, 1.165) is 10.9 Å². The number of nitrogens with zero attached hydrogens (tertiary/aromatic N) is 1. The number of nitrogens with one attached hydrogen (secondary N) is 1. The third-order valence-corrected chi connectivity index (χ3v) is 6.43. The number of rotatable bonds is 8. The molecule has 1 aliphatic heterocycles. The molecule has 1 heterocycles. The van der Waals surface area contributed by atoms with E-state index in [9.17, 15) is 19.1 Å². The topological polar surface area (TPSA) is 69.6 Å². The van der Waals surface area contributed by atoms with E-state index < -0.39 is 0 Å². The number of hydrogen-bond donors (Lipinski definition) is 2.